The van der Waals surface area contributed by atoms with Crippen LogP contribution in [-0.2, 0) is 41.8 Å². The summed E-state index contributed by atoms with van der Waals surface area (Å²) in [4.78, 5) is 54.2. The Kier molecular flexibility index (Phi) is 33.7. The van der Waals surface area contributed by atoms with Crippen LogP contribution >= 0.6 is 15.6 Å². The Labute approximate surface area is 385 Å². The summed E-state index contributed by atoms with van der Waals surface area (Å²) < 4.78 is 49.1. The van der Waals surface area contributed by atoms with Crippen LogP contribution in [0.25, 0.3) is 0 Å². The van der Waals surface area contributed by atoms with Gasteiger partial charge in [0, 0.05) is 12.8 Å². The molecule has 378 valence electrons. The SMILES string of the molecule is CCCCC/C=C\C[C@@H](O)/C=C/C=C/C=C\[C@@H](O)CCCC(=O)OC[C@H](COP(=O)(O)O[C@H]1C(O)C(O)C(O)[C@@H](OP(=O)(O)O)C1O)OC(=O)CCCCCCCCCCCCCCC. The van der Waals surface area contributed by atoms with Crippen molar-refractivity contribution >= 4 is 27.6 Å². The Balaban J connectivity index is 2.71. The Morgan fingerprint density at radius 2 is 1.08 bits per heavy atom. The second-order valence-corrected chi connectivity index (χ2v) is 19.1. The Hall–Kier alpha value is -2.12. The second kappa shape index (κ2) is 35.9. The molecular weight excluding hydrogens is 890 g/mol. The number of aliphatic hydroxyl groups is 6. The number of carbonyl (C=O) groups excluding carboxylic acids is 2. The van der Waals surface area contributed by atoms with E-state index < -0.39 is 95.7 Å². The molecule has 1 rings (SSSR count). The van der Waals surface area contributed by atoms with E-state index in [1.807, 2.05) is 6.08 Å². The van der Waals surface area contributed by atoms with E-state index in [0.717, 1.165) is 51.4 Å². The second-order valence-electron chi connectivity index (χ2n) is 16.5. The highest BCUT2D eigenvalue weighted by Crippen LogP contribution is 2.49. The lowest BCUT2D eigenvalue weighted by molar-refractivity contribution is -0.216. The van der Waals surface area contributed by atoms with Gasteiger partial charge in [-0.3, -0.25) is 23.2 Å². The molecule has 0 saturated heterocycles. The van der Waals surface area contributed by atoms with Crippen molar-refractivity contribution in [3.05, 3.63) is 48.6 Å². The summed E-state index contributed by atoms with van der Waals surface area (Å²) in [5, 5.41) is 61.5. The van der Waals surface area contributed by atoms with Gasteiger partial charge in [0.2, 0.25) is 0 Å². The van der Waals surface area contributed by atoms with Crippen LogP contribution in [0.2, 0.25) is 0 Å². The van der Waals surface area contributed by atoms with Gasteiger partial charge in [-0.1, -0.05) is 152 Å². The molecule has 65 heavy (non-hydrogen) atoms. The first-order chi connectivity index (χ1) is 30.9. The maximum Gasteiger partial charge on any atom is 0.472 e. The molecule has 0 aromatic heterocycles. The van der Waals surface area contributed by atoms with Crippen molar-refractivity contribution in [2.24, 2.45) is 0 Å². The minimum atomic E-state index is -5.39. The number of esters is 2. The number of rotatable bonds is 38. The lowest BCUT2D eigenvalue weighted by atomic mass is 9.85. The summed E-state index contributed by atoms with van der Waals surface area (Å²) >= 11 is 0. The van der Waals surface area contributed by atoms with E-state index in [2.05, 4.69) is 24.4 Å². The molecule has 0 heterocycles. The topological polar surface area (TPSA) is 296 Å². The van der Waals surface area contributed by atoms with Crippen LogP contribution in [-0.4, -0.2) is 125 Å². The number of phosphoric acid groups is 2. The van der Waals surface area contributed by atoms with Gasteiger partial charge < -0.3 is 54.8 Å². The van der Waals surface area contributed by atoms with E-state index in [-0.39, 0.29) is 25.7 Å². The fraction of sp³-hybridized carbons (Fsp3) is 0.778. The highest BCUT2D eigenvalue weighted by molar-refractivity contribution is 7.47. The number of phosphoric ester groups is 2. The number of ether oxygens (including phenoxy) is 2. The van der Waals surface area contributed by atoms with E-state index in [9.17, 15) is 54.3 Å². The minimum Gasteiger partial charge on any atom is -0.462 e. The molecule has 1 aliphatic rings. The van der Waals surface area contributed by atoms with Crippen molar-refractivity contribution in [1.29, 1.82) is 0 Å². The maximum absolute atomic E-state index is 13.0. The van der Waals surface area contributed by atoms with E-state index >= 15 is 0 Å². The third-order valence-electron chi connectivity index (χ3n) is 10.6. The van der Waals surface area contributed by atoms with E-state index in [1.54, 1.807) is 30.4 Å². The van der Waals surface area contributed by atoms with Crippen molar-refractivity contribution in [3.63, 3.8) is 0 Å². The standard InChI is InChI=1S/C45H80O18P2/c1-3-5-7-9-11-12-13-14-15-16-17-19-25-31-39(49)61-37(34-60-65(57,58)63-45-42(52)40(50)41(51)44(43(45)53)62-64(54,55)56)33-59-38(48)32-26-30-36(47)29-24-21-20-23-28-35(46)27-22-18-10-8-6-4-2/h18,20-24,28-29,35-37,40-47,50-53H,3-17,19,25-27,30-34H2,1-2H3,(H,57,58)(H2,54,55,56)/b21-20+,22-18-,28-23+,29-24-/t35-,36-,37-,40?,41?,42?,43?,44-,45+/m1/s1. The summed E-state index contributed by atoms with van der Waals surface area (Å²) in [6.45, 7) is 2.83. The average molecular weight is 971 g/mol. The molecule has 0 amide bonds. The molecule has 0 aromatic rings. The summed E-state index contributed by atoms with van der Waals surface area (Å²) in [5.74, 6) is -1.45. The largest absolute Gasteiger partial charge is 0.472 e. The first-order valence-corrected chi connectivity index (χ1v) is 26.4. The van der Waals surface area contributed by atoms with Gasteiger partial charge in [-0.2, -0.15) is 0 Å². The predicted octanol–water partition coefficient (Wildman–Crippen LogP) is 6.45. The molecule has 0 spiro atoms. The first-order valence-electron chi connectivity index (χ1n) is 23.4. The lowest BCUT2D eigenvalue weighted by Crippen LogP contribution is -2.64. The molecule has 0 aliphatic heterocycles. The fourth-order valence-corrected chi connectivity index (χ4v) is 8.41. The van der Waals surface area contributed by atoms with E-state index in [4.69, 9.17) is 28.3 Å². The number of unbranched alkanes of at least 4 members (excludes halogenated alkanes) is 15. The number of hydrogen-bond donors (Lipinski definition) is 9. The van der Waals surface area contributed by atoms with Crippen LogP contribution < -0.4 is 0 Å². The van der Waals surface area contributed by atoms with Crippen LogP contribution in [0.4, 0.5) is 0 Å². The third-order valence-corrected chi connectivity index (χ3v) is 12.1. The Morgan fingerprint density at radius 3 is 1.65 bits per heavy atom. The molecular formula is C45H80O18P2. The molecule has 9 N–H and O–H groups in total. The molecule has 5 unspecified atom stereocenters. The summed E-state index contributed by atoms with van der Waals surface area (Å²) in [6, 6.07) is 0. The predicted molar refractivity (Wildman–Crippen MR) is 244 cm³/mol. The maximum atomic E-state index is 13.0. The van der Waals surface area contributed by atoms with E-state index in [1.165, 1.54) is 57.4 Å². The summed E-state index contributed by atoms with van der Waals surface area (Å²) in [6.07, 6.45) is 16.9. The van der Waals surface area contributed by atoms with Gasteiger partial charge in [0.05, 0.1) is 18.8 Å². The van der Waals surface area contributed by atoms with E-state index in [0.29, 0.717) is 12.8 Å². The molecule has 1 saturated carbocycles. The van der Waals surface area contributed by atoms with Crippen LogP contribution in [0, 0.1) is 0 Å². The average Bonchev–Trinajstić information content (AvgIpc) is 3.25. The van der Waals surface area contributed by atoms with Crippen molar-refractivity contribution < 1.29 is 87.1 Å². The van der Waals surface area contributed by atoms with Gasteiger partial charge in [-0.05, 0) is 38.5 Å². The number of aliphatic hydroxyl groups excluding tert-OH is 6. The first kappa shape index (κ1) is 60.9. The molecule has 0 aromatic carbocycles. The smallest absolute Gasteiger partial charge is 0.462 e. The van der Waals surface area contributed by atoms with Gasteiger partial charge in [-0.25, -0.2) is 9.13 Å². The highest BCUT2D eigenvalue weighted by atomic mass is 31.2. The van der Waals surface area contributed by atoms with Crippen LogP contribution in [0.3, 0.4) is 0 Å². The van der Waals surface area contributed by atoms with Crippen molar-refractivity contribution in [2.45, 2.75) is 210 Å². The molecule has 0 radical (unpaired) electrons. The zero-order valence-electron chi connectivity index (χ0n) is 38.4. The molecule has 0 bridgehead atoms. The number of hydrogen-bond acceptors (Lipinski definition) is 15. The Morgan fingerprint density at radius 1 is 0.569 bits per heavy atom. The van der Waals surface area contributed by atoms with Crippen molar-refractivity contribution in [1.82, 2.24) is 0 Å². The zero-order valence-corrected chi connectivity index (χ0v) is 40.2. The minimum absolute atomic E-state index is 0.00713. The summed E-state index contributed by atoms with van der Waals surface area (Å²) in [7, 11) is -10.8. The van der Waals surface area contributed by atoms with Crippen LogP contribution in [0.5, 0.6) is 0 Å². The molecule has 1 fully saturated rings. The summed E-state index contributed by atoms with van der Waals surface area (Å²) in [5.41, 5.74) is 0. The van der Waals surface area contributed by atoms with Crippen molar-refractivity contribution in [2.75, 3.05) is 13.2 Å². The van der Waals surface area contributed by atoms with Gasteiger partial charge in [0.1, 0.15) is 43.2 Å². The van der Waals surface area contributed by atoms with Crippen LogP contribution in [0.1, 0.15) is 155 Å². The zero-order chi connectivity index (χ0) is 48.5. The molecule has 20 heteroatoms. The molecule has 18 nitrogen and oxygen atoms in total. The van der Waals surface area contributed by atoms with Crippen LogP contribution in [0.15, 0.2) is 48.6 Å². The number of allylic oxidation sites excluding steroid dienone is 5. The normalized spacial score (nSPS) is 23.1. The van der Waals surface area contributed by atoms with Gasteiger partial charge in [0.15, 0.2) is 6.10 Å². The van der Waals surface area contributed by atoms with Crippen molar-refractivity contribution in [3.8, 4) is 0 Å². The third kappa shape index (κ3) is 30.8. The molecule has 10 atom stereocenters. The number of carbonyl (C=O) groups is 2. The lowest BCUT2D eigenvalue weighted by Gasteiger charge is -2.43. The van der Waals surface area contributed by atoms with Gasteiger partial charge in [-0.15, -0.1) is 0 Å². The monoisotopic (exact) mass is 970 g/mol. The van der Waals surface area contributed by atoms with Gasteiger partial charge >= 0.3 is 27.6 Å². The fourth-order valence-electron chi connectivity index (χ4n) is 6.87. The van der Waals surface area contributed by atoms with Gasteiger partial charge in [0.25, 0.3) is 0 Å². The highest BCUT2D eigenvalue weighted by Gasteiger charge is 2.54. The quantitative estimate of drug-likeness (QED) is 0.0106. The molecule has 1 aliphatic carbocycles. The Bertz CT molecular complexity index is 1480.